The summed E-state index contributed by atoms with van der Waals surface area (Å²) >= 11 is 0. The van der Waals surface area contributed by atoms with Crippen molar-refractivity contribution < 1.29 is 14.3 Å². The molecule has 0 radical (unpaired) electrons. The van der Waals surface area contributed by atoms with Crippen molar-refractivity contribution in [2.75, 3.05) is 18.1 Å². The Morgan fingerprint density at radius 2 is 1.88 bits per heavy atom. The molecule has 0 bridgehead atoms. The van der Waals surface area contributed by atoms with Crippen LogP contribution in [0.5, 0.6) is 0 Å². The summed E-state index contributed by atoms with van der Waals surface area (Å²) < 4.78 is 6.96. The van der Waals surface area contributed by atoms with Crippen molar-refractivity contribution in [2.45, 2.75) is 38.6 Å². The van der Waals surface area contributed by atoms with Gasteiger partial charge in [-0.15, -0.1) is 0 Å². The molecule has 0 aliphatic carbocycles. The van der Waals surface area contributed by atoms with Gasteiger partial charge in [0.15, 0.2) is 6.61 Å². The van der Waals surface area contributed by atoms with Gasteiger partial charge in [0.25, 0.3) is 11.5 Å². The molecule has 8 heteroatoms. The van der Waals surface area contributed by atoms with E-state index in [1.807, 2.05) is 6.07 Å². The maximum absolute atomic E-state index is 12.9. The summed E-state index contributed by atoms with van der Waals surface area (Å²) in [5, 5.41) is 9.51. The van der Waals surface area contributed by atoms with Gasteiger partial charge in [0.1, 0.15) is 12.4 Å². The van der Waals surface area contributed by atoms with E-state index in [0.29, 0.717) is 23.1 Å². The molecule has 33 heavy (non-hydrogen) atoms. The number of rotatable bonds is 5. The lowest BCUT2D eigenvalue weighted by Crippen LogP contribution is -2.35. The Morgan fingerprint density at radius 1 is 1.09 bits per heavy atom. The number of aryl methyl sites for hydroxylation is 1. The molecule has 0 spiro atoms. The number of ether oxygens (including phenoxy) is 1. The van der Waals surface area contributed by atoms with E-state index in [0.717, 1.165) is 37.9 Å². The summed E-state index contributed by atoms with van der Waals surface area (Å²) in [5.41, 5.74) is 1.11. The highest BCUT2D eigenvalue weighted by molar-refractivity contribution is 5.98. The van der Waals surface area contributed by atoms with E-state index < -0.39 is 18.5 Å². The molecular formula is C25H24N4O4. The summed E-state index contributed by atoms with van der Waals surface area (Å²) in [7, 11) is 0. The number of nitriles is 1. The summed E-state index contributed by atoms with van der Waals surface area (Å²) in [6.07, 6.45) is 4.86. The fourth-order valence-corrected chi connectivity index (χ4v) is 4.01. The number of esters is 1. The molecule has 8 nitrogen and oxygen atoms in total. The lowest BCUT2D eigenvalue weighted by Gasteiger charge is -2.19. The molecule has 0 atom stereocenters. The third-order valence-electron chi connectivity index (χ3n) is 5.73. The Balaban J connectivity index is 1.52. The highest BCUT2D eigenvalue weighted by atomic mass is 16.5. The highest BCUT2D eigenvalue weighted by Gasteiger charge is 2.19. The second-order valence-corrected chi connectivity index (χ2v) is 7.93. The van der Waals surface area contributed by atoms with Gasteiger partial charge in [0.2, 0.25) is 0 Å². The van der Waals surface area contributed by atoms with E-state index in [9.17, 15) is 14.4 Å². The highest BCUT2D eigenvalue weighted by Crippen LogP contribution is 2.17. The van der Waals surface area contributed by atoms with Gasteiger partial charge in [-0.25, -0.2) is 9.78 Å². The molecule has 0 unspecified atom stereocenters. The largest absolute Gasteiger partial charge is 0.452 e. The molecule has 2 aromatic carbocycles. The molecule has 1 aromatic heterocycles. The van der Waals surface area contributed by atoms with Crippen molar-refractivity contribution >= 4 is 28.5 Å². The maximum atomic E-state index is 12.9. The van der Waals surface area contributed by atoms with Gasteiger partial charge >= 0.3 is 5.97 Å². The predicted octanol–water partition coefficient (Wildman–Crippen LogP) is 3.23. The number of hydrogen-bond donors (Lipinski definition) is 0. The smallest absolute Gasteiger partial charge is 0.338 e. The fraction of sp³-hybridized carbons (Fsp3) is 0.320. The zero-order valence-electron chi connectivity index (χ0n) is 18.2. The van der Waals surface area contributed by atoms with E-state index in [4.69, 9.17) is 10.00 Å². The van der Waals surface area contributed by atoms with Crippen LogP contribution in [0.1, 0.15) is 41.9 Å². The monoisotopic (exact) mass is 444 g/mol. The number of fused-ring (bicyclic) bond motifs is 2. The first-order chi connectivity index (χ1) is 16.1. The Kier molecular flexibility index (Phi) is 6.79. The van der Waals surface area contributed by atoms with Gasteiger partial charge in [0.05, 0.1) is 22.5 Å². The zero-order chi connectivity index (χ0) is 23.2. The number of nitrogens with zero attached hydrogens (tertiary/aromatic N) is 4. The molecule has 2 heterocycles. The van der Waals surface area contributed by atoms with Gasteiger partial charge in [-0.3, -0.25) is 19.1 Å². The van der Waals surface area contributed by atoms with Crippen molar-refractivity contribution in [3.05, 3.63) is 70.3 Å². The van der Waals surface area contributed by atoms with Gasteiger partial charge in [-0.05, 0) is 43.2 Å². The van der Waals surface area contributed by atoms with Crippen molar-refractivity contribution in [2.24, 2.45) is 0 Å². The quantitative estimate of drug-likeness (QED) is 0.442. The van der Waals surface area contributed by atoms with Crippen LogP contribution < -0.4 is 10.5 Å². The average Bonchev–Trinajstić information content (AvgIpc) is 2.82. The number of hydrogen-bond acceptors (Lipinski definition) is 6. The van der Waals surface area contributed by atoms with Crippen LogP contribution in [0.15, 0.2) is 53.3 Å². The van der Waals surface area contributed by atoms with E-state index in [2.05, 4.69) is 4.98 Å². The van der Waals surface area contributed by atoms with Crippen LogP contribution in [0.4, 0.5) is 5.69 Å². The normalized spacial score (nSPS) is 13.3. The maximum Gasteiger partial charge on any atom is 0.338 e. The topological polar surface area (TPSA) is 105 Å². The molecule has 0 saturated heterocycles. The Bertz CT molecular complexity index is 1280. The SMILES string of the molecule is N#CCN(C(=O)COC(=O)c1ccc2c(=O)n3c(nc2c1)CCCCCC3)c1ccccc1. The molecular weight excluding hydrogens is 420 g/mol. The third-order valence-corrected chi connectivity index (χ3v) is 5.73. The molecule has 4 rings (SSSR count). The lowest BCUT2D eigenvalue weighted by atomic mass is 10.1. The molecule has 1 aliphatic heterocycles. The number of aromatic nitrogens is 2. The van der Waals surface area contributed by atoms with Gasteiger partial charge in [-0.1, -0.05) is 31.0 Å². The summed E-state index contributed by atoms with van der Waals surface area (Å²) in [4.78, 5) is 44.0. The number of anilines is 1. The van der Waals surface area contributed by atoms with E-state index in [1.54, 1.807) is 41.0 Å². The van der Waals surface area contributed by atoms with Gasteiger partial charge in [0, 0.05) is 18.7 Å². The Labute approximate surface area is 191 Å². The molecule has 1 aliphatic rings. The van der Waals surface area contributed by atoms with Crippen molar-refractivity contribution in [1.82, 2.24) is 9.55 Å². The minimum atomic E-state index is -0.691. The average molecular weight is 444 g/mol. The van der Waals surface area contributed by atoms with E-state index in [-0.39, 0.29) is 17.7 Å². The van der Waals surface area contributed by atoms with Gasteiger partial charge < -0.3 is 4.74 Å². The molecule has 0 fully saturated rings. The standard InChI is InChI=1S/C25H24N4O4/c26-13-15-28(19-8-4-3-5-9-19)23(30)17-33-25(32)18-11-12-20-21(16-18)27-22-10-6-1-2-7-14-29(22)24(20)31/h3-5,8-9,11-12,16H,1-2,6-7,10,14-15,17H2. The molecule has 0 N–H and O–H groups in total. The minimum Gasteiger partial charge on any atom is -0.452 e. The molecule has 3 aromatic rings. The van der Waals surface area contributed by atoms with Crippen LogP contribution in [0, 0.1) is 11.3 Å². The molecule has 168 valence electrons. The fourth-order valence-electron chi connectivity index (χ4n) is 4.01. The predicted molar refractivity (Wildman–Crippen MR) is 123 cm³/mol. The molecule has 1 amide bonds. The van der Waals surface area contributed by atoms with Crippen molar-refractivity contribution in [3.63, 3.8) is 0 Å². The molecule has 0 saturated carbocycles. The lowest BCUT2D eigenvalue weighted by molar-refractivity contribution is -0.121. The Hall–Kier alpha value is -3.99. The van der Waals surface area contributed by atoms with Gasteiger partial charge in [-0.2, -0.15) is 5.26 Å². The summed E-state index contributed by atoms with van der Waals surface area (Å²) in [6.45, 7) is -0.00726. The number of para-hydroxylation sites is 1. The van der Waals surface area contributed by atoms with Crippen molar-refractivity contribution in [3.8, 4) is 6.07 Å². The van der Waals surface area contributed by atoms with Crippen molar-refractivity contribution in [1.29, 1.82) is 5.26 Å². The minimum absolute atomic E-state index is 0.0954. The first-order valence-electron chi connectivity index (χ1n) is 11.0. The van der Waals surface area contributed by atoms with Crippen LogP contribution in [-0.2, 0) is 22.5 Å². The summed E-state index contributed by atoms with van der Waals surface area (Å²) in [6, 6.07) is 15.3. The van der Waals surface area contributed by atoms with E-state index in [1.165, 1.54) is 17.0 Å². The second-order valence-electron chi connectivity index (χ2n) is 7.93. The number of amides is 1. The summed E-state index contributed by atoms with van der Waals surface area (Å²) in [5.74, 6) is -0.457. The first kappa shape index (κ1) is 22.2. The third kappa shape index (κ3) is 4.93. The number of carbonyl (C=O) groups excluding carboxylic acids is 2. The van der Waals surface area contributed by atoms with Crippen LogP contribution in [0.25, 0.3) is 10.9 Å². The second kappa shape index (κ2) is 10.1. The Morgan fingerprint density at radius 3 is 2.67 bits per heavy atom. The number of benzene rings is 2. The van der Waals surface area contributed by atoms with Crippen LogP contribution >= 0.6 is 0 Å². The van der Waals surface area contributed by atoms with Crippen LogP contribution in [0.3, 0.4) is 0 Å². The van der Waals surface area contributed by atoms with Crippen LogP contribution in [0.2, 0.25) is 0 Å². The first-order valence-corrected chi connectivity index (χ1v) is 11.0. The van der Waals surface area contributed by atoms with E-state index >= 15 is 0 Å². The zero-order valence-corrected chi connectivity index (χ0v) is 18.2. The number of carbonyl (C=O) groups is 2. The van der Waals surface area contributed by atoms with Crippen LogP contribution in [-0.4, -0.2) is 34.6 Å².